The second kappa shape index (κ2) is 6.19. The number of benzene rings is 2. The molecule has 0 fully saturated rings. The van der Waals surface area contributed by atoms with Crippen molar-refractivity contribution in [1.29, 1.82) is 0 Å². The van der Waals surface area contributed by atoms with E-state index < -0.39 is 23.5 Å². The fourth-order valence-electron chi connectivity index (χ4n) is 2.54. The van der Waals surface area contributed by atoms with Crippen LogP contribution < -0.4 is 0 Å². The molecule has 0 N–H and O–H groups in total. The van der Waals surface area contributed by atoms with Crippen LogP contribution in [0.5, 0.6) is 0 Å². The number of hydrogen-bond acceptors (Lipinski definition) is 1. The average Bonchev–Trinajstić information content (AvgIpc) is 2.95. The van der Waals surface area contributed by atoms with Gasteiger partial charge in [-0.3, -0.25) is 4.68 Å². The number of hydrogen-bond donors (Lipinski definition) is 0. The van der Waals surface area contributed by atoms with Gasteiger partial charge in [0.05, 0.1) is 22.5 Å². The van der Waals surface area contributed by atoms with Crippen molar-refractivity contribution >= 4 is 0 Å². The lowest BCUT2D eigenvalue weighted by Gasteiger charge is -2.07. The molecule has 1 heterocycles. The van der Waals surface area contributed by atoms with E-state index in [1.54, 1.807) is 13.1 Å². The van der Waals surface area contributed by atoms with E-state index in [0.717, 1.165) is 24.3 Å². The maximum atomic E-state index is 12.6. The number of aromatic nitrogens is 2. The normalized spacial score (nSPS) is 12.4. The molecule has 1 aromatic heterocycles. The Hall–Kier alpha value is -2.77. The highest BCUT2D eigenvalue weighted by Gasteiger charge is 2.31. The first kappa shape index (κ1) is 18.0. The molecule has 136 valence electrons. The third-order valence-electron chi connectivity index (χ3n) is 3.90. The molecule has 2 nitrogen and oxygen atoms in total. The summed E-state index contributed by atoms with van der Waals surface area (Å²) in [4.78, 5) is 0. The van der Waals surface area contributed by atoms with E-state index in [1.165, 1.54) is 28.9 Å². The molecule has 0 amide bonds. The van der Waals surface area contributed by atoms with Crippen molar-refractivity contribution in [3.05, 3.63) is 65.7 Å². The SMILES string of the molecule is Cn1nc(-c2ccc(C(F)(F)F)cc2)cc1-c1ccc(C(F)(F)F)cc1. The first-order valence-electron chi connectivity index (χ1n) is 7.45. The lowest BCUT2D eigenvalue weighted by atomic mass is 10.1. The van der Waals surface area contributed by atoms with Crippen molar-refractivity contribution in [3.63, 3.8) is 0 Å². The smallest absolute Gasteiger partial charge is 0.267 e. The summed E-state index contributed by atoms with van der Waals surface area (Å²) < 4.78 is 77.3. The predicted octanol–water partition coefficient (Wildman–Crippen LogP) is 5.79. The second-order valence-electron chi connectivity index (χ2n) is 5.69. The first-order valence-corrected chi connectivity index (χ1v) is 7.45. The van der Waals surface area contributed by atoms with E-state index in [-0.39, 0.29) is 0 Å². The fraction of sp³-hybridized carbons (Fsp3) is 0.167. The maximum Gasteiger partial charge on any atom is 0.416 e. The topological polar surface area (TPSA) is 17.8 Å². The number of alkyl halides is 6. The number of rotatable bonds is 2. The molecule has 0 saturated carbocycles. The van der Waals surface area contributed by atoms with Crippen LogP contribution in [0.4, 0.5) is 26.3 Å². The summed E-state index contributed by atoms with van der Waals surface area (Å²) in [6.07, 6.45) is -8.84. The Balaban J connectivity index is 1.92. The maximum absolute atomic E-state index is 12.6. The van der Waals surface area contributed by atoms with E-state index in [4.69, 9.17) is 0 Å². The summed E-state index contributed by atoms with van der Waals surface area (Å²) in [6, 6.07) is 10.8. The molecular weight excluding hydrogens is 358 g/mol. The Kier molecular flexibility index (Phi) is 4.29. The van der Waals surface area contributed by atoms with Crippen molar-refractivity contribution in [1.82, 2.24) is 9.78 Å². The van der Waals surface area contributed by atoms with Crippen LogP contribution in [0.25, 0.3) is 22.5 Å². The van der Waals surface area contributed by atoms with Gasteiger partial charge in [-0.1, -0.05) is 24.3 Å². The van der Waals surface area contributed by atoms with Crippen molar-refractivity contribution in [2.24, 2.45) is 7.05 Å². The molecule has 0 aliphatic heterocycles. The van der Waals surface area contributed by atoms with Crippen LogP contribution in [0.1, 0.15) is 11.1 Å². The molecule has 3 aromatic rings. The molecule has 2 aromatic carbocycles. The van der Waals surface area contributed by atoms with Crippen LogP contribution in [0.2, 0.25) is 0 Å². The number of nitrogens with zero attached hydrogens (tertiary/aromatic N) is 2. The molecule has 0 unspecified atom stereocenters. The average molecular weight is 370 g/mol. The Morgan fingerprint density at radius 1 is 0.692 bits per heavy atom. The Morgan fingerprint density at radius 2 is 1.12 bits per heavy atom. The van der Waals surface area contributed by atoms with Gasteiger partial charge in [0.2, 0.25) is 0 Å². The highest BCUT2D eigenvalue weighted by molar-refractivity contribution is 5.69. The quantitative estimate of drug-likeness (QED) is 0.522. The van der Waals surface area contributed by atoms with E-state index in [0.29, 0.717) is 22.5 Å². The molecule has 0 radical (unpaired) electrons. The Labute approximate surface area is 144 Å². The molecule has 0 atom stereocenters. The standard InChI is InChI=1S/C18H12F6N2/c1-26-16(12-4-8-14(9-5-12)18(22,23)24)10-15(25-26)11-2-6-13(7-3-11)17(19,20)21/h2-10H,1H3. The zero-order valence-corrected chi connectivity index (χ0v) is 13.4. The molecule has 0 saturated heterocycles. The molecule has 0 spiro atoms. The van der Waals surface area contributed by atoms with Crippen molar-refractivity contribution < 1.29 is 26.3 Å². The molecule has 26 heavy (non-hydrogen) atoms. The lowest BCUT2D eigenvalue weighted by Crippen LogP contribution is -2.04. The van der Waals surface area contributed by atoms with Gasteiger partial charge in [-0.25, -0.2) is 0 Å². The van der Waals surface area contributed by atoms with E-state index >= 15 is 0 Å². The first-order chi connectivity index (χ1) is 12.1. The summed E-state index contributed by atoms with van der Waals surface area (Å²) in [7, 11) is 1.61. The molecule has 0 bridgehead atoms. The van der Waals surface area contributed by atoms with Gasteiger partial charge < -0.3 is 0 Å². The molecule has 0 aliphatic carbocycles. The van der Waals surface area contributed by atoms with Gasteiger partial charge in [-0.15, -0.1) is 0 Å². The minimum Gasteiger partial charge on any atom is -0.267 e. The summed E-state index contributed by atoms with van der Waals surface area (Å²) in [5.41, 5.74) is 0.453. The van der Waals surface area contributed by atoms with Gasteiger partial charge in [-0.2, -0.15) is 31.4 Å². The van der Waals surface area contributed by atoms with Crippen molar-refractivity contribution in [2.75, 3.05) is 0 Å². The highest BCUT2D eigenvalue weighted by atomic mass is 19.4. The van der Waals surface area contributed by atoms with Gasteiger partial charge in [0.15, 0.2) is 0 Å². The van der Waals surface area contributed by atoms with Crippen molar-refractivity contribution in [2.45, 2.75) is 12.4 Å². The van der Waals surface area contributed by atoms with E-state index in [9.17, 15) is 26.3 Å². The minimum atomic E-state index is -4.42. The van der Waals surface area contributed by atoms with Crippen LogP contribution in [-0.4, -0.2) is 9.78 Å². The van der Waals surface area contributed by atoms with Gasteiger partial charge >= 0.3 is 12.4 Å². The van der Waals surface area contributed by atoms with Gasteiger partial charge in [0, 0.05) is 12.6 Å². The Bertz CT molecular complexity index is 903. The van der Waals surface area contributed by atoms with Crippen LogP contribution in [0.3, 0.4) is 0 Å². The van der Waals surface area contributed by atoms with Gasteiger partial charge in [0.1, 0.15) is 0 Å². The van der Waals surface area contributed by atoms with E-state index in [2.05, 4.69) is 5.10 Å². The fourth-order valence-corrected chi connectivity index (χ4v) is 2.54. The molecule has 3 rings (SSSR count). The highest BCUT2D eigenvalue weighted by Crippen LogP contribution is 2.33. The summed E-state index contributed by atoms with van der Waals surface area (Å²) in [6.45, 7) is 0. The third kappa shape index (κ3) is 3.58. The summed E-state index contributed by atoms with van der Waals surface area (Å²) >= 11 is 0. The zero-order chi connectivity index (χ0) is 19.1. The second-order valence-corrected chi connectivity index (χ2v) is 5.69. The third-order valence-corrected chi connectivity index (χ3v) is 3.90. The minimum absolute atomic E-state index is 0.427. The predicted molar refractivity (Wildman–Crippen MR) is 84.1 cm³/mol. The van der Waals surface area contributed by atoms with Crippen LogP contribution in [0.15, 0.2) is 54.6 Å². The monoisotopic (exact) mass is 370 g/mol. The van der Waals surface area contributed by atoms with Crippen LogP contribution in [0, 0.1) is 0 Å². The molecule has 0 aliphatic rings. The summed E-state index contributed by atoms with van der Waals surface area (Å²) in [5, 5.41) is 4.23. The summed E-state index contributed by atoms with van der Waals surface area (Å²) in [5.74, 6) is 0. The number of aryl methyl sites for hydroxylation is 1. The molecule has 8 heteroatoms. The van der Waals surface area contributed by atoms with Crippen molar-refractivity contribution in [3.8, 4) is 22.5 Å². The zero-order valence-electron chi connectivity index (χ0n) is 13.4. The molecular formula is C18H12F6N2. The lowest BCUT2D eigenvalue weighted by molar-refractivity contribution is -0.138. The van der Waals surface area contributed by atoms with Gasteiger partial charge in [0.25, 0.3) is 0 Å². The van der Waals surface area contributed by atoms with Gasteiger partial charge in [-0.05, 0) is 35.9 Å². The van der Waals surface area contributed by atoms with Crippen LogP contribution >= 0.6 is 0 Å². The Morgan fingerprint density at radius 3 is 1.54 bits per heavy atom. The number of halogens is 6. The largest absolute Gasteiger partial charge is 0.416 e. The van der Waals surface area contributed by atoms with E-state index in [1.807, 2.05) is 0 Å². The van der Waals surface area contributed by atoms with Crippen LogP contribution in [-0.2, 0) is 19.4 Å².